The number of carbonyl (C=O) groups is 2. The Morgan fingerprint density at radius 2 is 2.19 bits per heavy atom. The number of nitrogens with zero attached hydrogens (tertiary/aromatic N) is 2. The van der Waals surface area contributed by atoms with E-state index in [1.54, 1.807) is 11.8 Å². The molecule has 0 saturated carbocycles. The van der Waals surface area contributed by atoms with Crippen molar-refractivity contribution in [2.75, 3.05) is 50.0 Å². The summed E-state index contributed by atoms with van der Waals surface area (Å²) in [5, 5.41) is 3.24. The van der Waals surface area contributed by atoms with E-state index in [9.17, 15) is 9.59 Å². The molecule has 3 saturated heterocycles. The highest BCUT2D eigenvalue weighted by atomic mass is 32.2. The molecule has 5 nitrogen and oxygen atoms in total. The molecule has 7 heteroatoms. The van der Waals surface area contributed by atoms with Crippen molar-refractivity contribution in [2.45, 2.75) is 24.1 Å². The van der Waals surface area contributed by atoms with E-state index in [4.69, 9.17) is 0 Å². The highest BCUT2D eigenvalue weighted by molar-refractivity contribution is 8.07. The number of hydrogen-bond donors (Lipinski definition) is 1. The van der Waals surface area contributed by atoms with Gasteiger partial charge >= 0.3 is 0 Å². The summed E-state index contributed by atoms with van der Waals surface area (Å²) in [6.07, 6.45) is 2.04. The molecule has 0 aliphatic carbocycles. The molecule has 2 amide bonds. The fourth-order valence-corrected chi connectivity index (χ4v) is 5.88. The van der Waals surface area contributed by atoms with Gasteiger partial charge in [0, 0.05) is 49.5 Å². The minimum absolute atomic E-state index is 0.126. The van der Waals surface area contributed by atoms with Gasteiger partial charge in [-0.2, -0.15) is 11.8 Å². The maximum Gasteiger partial charge on any atom is 0.236 e. The molecule has 0 bridgehead atoms. The number of hydrogen-bond acceptors (Lipinski definition) is 5. The Balaban J connectivity index is 1.59. The lowest BCUT2D eigenvalue weighted by molar-refractivity contribution is -0.140. The average molecular weight is 329 g/mol. The third kappa shape index (κ3) is 3.68. The number of carbonyl (C=O) groups excluding carboxylic acids is 2. The zero-order chi connectivity index (χ0) is 14.7. The van der Waals surface area contributed by atoms with Gasteiger partial charge in [0.1, 0.15) is 0 Å². The summed E-state index contributed by atoms with van der Waals surface area (Å²) in [6.45, 7) is 3.67. The van der Waals surface area contributed by atoms with Gasteiger partial charge in [0.25, 0.3) is 0 Å². The lowest BCUT2D eigenvalue weighted by Crippen LogP contribution is -2.58. The molecule has 2 atom stereocenters. The Hall–Kier alpha value is -0.400. The summed E-state index contributed by atoms with van der Waals surface area (Å²) in [4.78, 5) is 28.7. The Morgan fingerprint density at radius 1 is 1.29 bits per heavy atom. The summed E-state index contributed by atoms with van der Waals surface area (Å²) in [6, 6.07) is 0.221. The Labute approximate surface area is 134 Å². The predicted octanol–water partition coefficient (Wildman–Crippen LogP) is 0.258. The van der Waals surface area contributed by atoms with E-state index in [2.05, 4.69) is 5.32 Å². The van der Waals surface area contributed by atoms with Crippen LogP contribution in [0.3, 0.4) is 0 Å². The van der Waals surface area contributed by atoms with Crippen molar-refractivity contribution >= 4 is 35.3 Å². The van der Waals surface area contributed by atoms with Gasteiger partial charge in [0.15, 0.2) is 0 Å². The highest BCUT2D eigenvalue weighted by Gasteiger charge is 2.34. The molecule has 1 N–H and O–H groups in total. The van der Waals surface area contributed by atoms with Crippen molar-refractivity contribution in [1.82, 2.24) is 15.1 Å². The SMILES string of the molecule is O=C(C1CSCCS1)N1CCCC(N2CCNCC2=O)C1. The van der Waals surface area contributed by atoms with E-state index >= 15 is 0 Å². The van der Waals surface area contributed by atoms with Gasteiger partial charge in [-0.25, -0.2) is 0 Å². The number of rotatable bonds is 2. The summed E-state index contributed by atoms with van der Waals surface area (Å²) >= 11 is 3.68. The van der Waals surface area contributed by atoms with Gasteiger partial charge in [-0.15, -0.1) is 11.8 Å². The number of piperidine rings is 1. The third-order valence-electron chi connectivity index (χ3n) is 4.37. The monoisotopic (exact) mass is 329 g/mol. The molecule has 0 aromatic carbocycles. The van der Waals surface area contributed by atoms with E-state index in [0.717, 1.165) is 56.3 Å². The van der Waals surface area contributed by atoms with Crippen LogP contribution in [0, 0.1) is 0 Å². The van der Waals surface area contributed by atoms with Crippen molar-refractivity contribution in [1.29, 1.82) is 0 Å². The fraction of sp³-hybridized carbons (Fsp3) is 0.857. The minimum atomic E-state index is 0.126. The van der Waals surface area contributed by atoms with Gasteiger partial charge in [-0.1, -0.05) is 0 Å². The van der Waals surface area contributed by atoms with E-state index in [1.807, 2.05) is 21.6 Å². The smallest absolute Gasteiger partial charge is 0.236 e. The van der Waals surface area contributed by atoms with Gasteiger partial charge in [0.05, 0.1) is 11.8 Å². The molecule has 0 spiro atoms. The van der Waals surface area contributed by atoms with Crippen LogP contribution in [0.1, 0.15) is 12.8 Å². The second kappa shape index (κ2) is 7.24. The molecule has 3 heterocycles. The first-order valence-electron chi connectivity index (χ1n) is 7.74. The Kier molecular flexibility index (Phi) is 5.34. The van der Waals surface area contributed by atoms with Crippen molar-refractivity contribution in [3.05, 3.63) is 0 Å². The number of likely N-dealkylation sites (tertiary alicyclic amines) is 1. The van der Waals surface area contributed by atoms with E-state index in [1.165, 1.54) is 0 Å². The maximum absolute atomic E-state index is 12.6. The molecule has 118 valence electrons. The lowest BCUT2D eigenvalue weighted by atomic mass is 10.0. The summed E-state index contributed by atoms with van der Waals surface area (Å²) in [7, 11) is 0. The highest BCUT2D eigenvalue weighted by Crippen LogP contribution is 2.27. The van der Waals surface area contributed by atoms with Crippen molar-refractivity contribution in [3.8, 4) is 0 Å². The minimum Gasteiger partial charge on any atom is -0.340 e. The first-order chi connectivity index (χ1) is 10.3. The topological polar surface area (TPSA) is 52.7 Å². The van der Waals surface area contributed by atoms with Gasteiger partial charge in [-0.05, 0) is 12.8 Å². The molecule has 21 heavy (non-hydrogen) atoms. The quantitative estimate of drug-likeness (QED) is 0.787. The predicted molar refractivity (Wildman–Crippen MR) is 87.8 cm³/mol. The first kappa shape index (κ1) is 15.5. The van der Waals surface area contributed by atoms with Crippen molar-refractivity contribution in [2.24, 2.45) is 0 Å². The molecule has 0 radical (unpaired) electrons. The lowest BCUT2D eigenvalue weighted by Gasteiger charge is -2.42. The fourth-order valence-electron chi connectivity index (χ4n) is 3.25. The molecular weight excluding hydrogens is 306 g/mol. The number of nitrogens with one attached hydrogen (secondary N) is 1. The summed E-state index contributed by atoms with van der Waals surface area (Å²) < 4.78 is 0. The molecular formula is C14H23N3O2S2. The molecule has 0 aromatic heterocycles. The van der Waals surface area contributed by atoms with Gasteiger partial charge < -0.3 is 15.1 Å². The number of piperazine rings is 1. The van der Waals surface area contributed by atoms with Crippen LogP contribution >= 0.6 is 23.5 Å². The maximum atomic E-state index is 12.6. The van der Waals surface area contributed by atoms with Gasteiger partial charge in [0.2, 0.25) is 11.8 Å². The second-order valence-electron chi connectivity index (χ2n) is 5.78. The zero-order valence-corrected chi connectivity index (χ0v) is 13.9. The second-order valence-corrected chi connectivity index (χ2v) is 8.24. The van der Waals surface area contributed by atoms with E-state index in [0.29, 0.717) is 12.5 Å². The number of amides is 2. The van der Waals surface area contributed by atoms with Crippen LogP contribution in [0.15, 0.2) is 0 Å². The summed E-state index contributed by atoms with van der Waals surface area (Å²) in [5.74, 6) is 3.65. The van der Waals surface area contributed by atoms with Crippen LogP contribution < -0.4 is 5.32 Å². The van der Waals surface area contributed by atoms with Crippen LogP contribution in [-0.4, -0.2) is 82.9 Å². The standard InChI is InChI=1S/C14H23N3O2S2/c18-13-8-15-3-5-17(13)11-2-1-4-16(9-11)14(19)12-10-20-6-7-21-12/h11-12,15H,1-10H2. The number of thioether (sulfide) groups is 2. The molecule has 3 fully saturated rings. The zero-order valence-electron chi connectivity index (χ0n) is 12.3. The van der Waals surface area contributed by atoms with Crippen LogP contribution in [0.5, 0.6) is 0 Å². The molecule has 0 aromatic rings. The normalized spacial score (nSPS) is 31.3. The molecule has 2 unspecified atom stereocenters. The van der Waals surface area contributed by atoms with Gasteiger partial charge in [-0.3, -0.25) is 9.59 Å². The van der Waals surface area contributed by atoms with Crippen LogP contribution in [0.2, 0.25) is 0 Å². The van der Waals surface area contributed by atoms with Crippen LogP contribution in [-0.2, 0) is 9.59 Å². The largest absolute Gasteiger partial charge is 0.340 e. The van der Waals surface area contributed by atoms with Crippen molar-refractivity contribution < 1.29 is 9.59 Å². The average Bonchev–Trinajstić information content (AvgIpc) is 2.55. The van der Waals surface area contributed by atoms with E-state index < -0.39 is 0 Å². The Bertz CT molecular complexity index is 402. The van der Waals surface area contributed by atoms with Crippen LogP contribution in [0.4, 0.5) is 0 Å². The van der Waals surface area contributed by atoms with Crippen LogP contribution in [0.25, 0.3) is 0 Å². The molecule has 3 rings (SSSR count). The molecule has 3 aliphatic rings. The third-order valence-corrected chi connectivity index (χ3v) is 7.11. The molecule has 3 aliphatic heterocycles. The summed E-state index contributed by atoms with van der Waals surface area (Å²) in [5.41, 5.74) is 0. The van der Waals surface area contributed by atoms with Crippen molar-refractivity contribution in [3.63, 3.8) is 0 Å². The van der Waals surface area contributed by atoms with E-state index in [-0.39, 0.29) is 17.2 Å². The first-order valence-corrected chi connectivity index (χ1v) is 9.94. The Morgan fingerprint density at radius 3 is 2.95 bits per heavy atom.